The lowest BCUT2D eigenvalue weighted by Gasteiger charge is -2.33. The first kappa shape index (κ1) is 11.1. The van der Waals surface area contributed by atoms with Gasteiger partial charge in [0.2, 0.25) is 0 Å². The van der Waals surface area contributed by atoms with E-state index in [0.717, 1.165) is 17.7 Å². The quantitative estimate of drug-likeness (QED) is 0.854. The fourth-order valence-corrected chi connectivity index (χ4v) is 3.28. The van der Waals surface area contributed by atoms with Crippen molar-refractivity contribution in [3.05, 3.63) is 22.4 Å². The second-order valence-corrected chi connectivity index (χ2v) is 5.10. The molecule has 1 aromatic heterocycles. The summed E-state index contributed by atoms with van der Waals surface area (Å²) in [7, 11) is 0. The Morgan fingerprint density at radius 2 is 2.27 bits per heavy atom. The van der Waals surface area contributed by atoms with Crippen LogP contribution >= 0.6 is 11.3 Å². The second kappa shape index (κ2) is 4.64. The minimum absolute atomic E-state index is 0.306. The first-order chi connectivity index (χ1) is 7.28. The molecule has 0 radical (unpaired) electrons. The molecule has 0 bridgehead atoms. The van der Waals surface area contributed by atoms with Gasteiger partial charge in [0, 0.05) is 11.5 Å². The summed E-state index contributed by atoms with van der Waals surface area (Å²) in [6, 6.07) is 3.98. The zero-order valence-corrected chi connectivity index (χ0v) is 9.93. The van der Waals surface area contributed by atoms with Crippen molar-refractivity contribution in [3.63, 3.8) is 0 Å². The zero-order valence-electron chi connectivity index (χ0n) is 9.11. The maximum absolute atomic E-state index is 10.4. The molecule has 0 saturated heterocycles. The molecule has 1 heterocycles. The Morgan fingerprint density at radius 1 is 1.53 bits per heavy atom. The summed E-state index contributed by atoms with van der Waals surface area (Å²) in [5.74, 6) is 0. The Hall–Kier alpha value is -0.380. The first-order valence-electron chi connectivity index (χ1n) is 5.64. The summed E-state index contributed by atoms with van der Waals surface area (Å²) in [6.45, 7) is 2.68. The van der Waals surface area contributed by atoms with Gasteiger partial charge in [0.05, 0.1) is 5.60 Å². The van der Waals surface area contributed by atoms with Crippen LogP contribution in [0.3, 0.4) is 0 Å². The van der Waals surface area contributed by atoms with Crippen molar-refractivity contribution in [1.29, 1.82) is 0 Å². The molecule has 1 atom stereocenters. The van der Waals surface area contributed by atoms with E-state index in [0.29, 0.717) is 6.61 Å². The fraction of sp³-hybridized carbons (Fsp3) is 0.667. The van der Waals surface area contributed by atoms with Gasteiger partial charge in [-0.05, 0) is 31.2 Å². The van der Waals surface area contributed by atoms with Crippen LogP contribution in [0, 0.1) is 0 Å². The number of aliphatic hydroxyl groups is 1. The van der Waals surface area contributed by atoms with Gasteiger partial charge in [-0.2, -0.15) is 0 Å². The van der Waals surface area contributed by atoms with Crippen LogP contribution in [-0.4, -0.2) is 17.3 Å². The molecular weight excluding hydrogens is 208 g/mol. The molecule has 15 heavy (non-hydrogen) atoms. The topological polar surface area (TPSA) is 29.5 Å². The number of hydrogen-bond acceptors (Lipinski definition) is 3. The Kier molecular flexibility index (Phi) is 3.44. The van der Waals surface area contributed by atoms with Crippen LogP contribution in [0.4, 0.5) is 0 Å². The number of rotatable bonds is 4. The summed E-state index contributed by atoms with van der Waals surface area (Å²) in [5.41, 5.74) is -0.306. The predicted octanol–water partition coefficient (Wildman–Crippen LogP) is 3.13. The summed E-state index contributed by atoms with van der Waals surface area (Å²) in [5, 5.41) is 12.4. The summed E-state index contributed by atoms with van der Waals surface area (Å²) in [4.78, 5) is 1.03. The van der Waals surface area contributed by atoms with E-state index in [2.05, 4.69) is 0 Å². The lowest BCUT2D eigenvalue weighted by atomic mass is 9.93. The molecule has 1 aliphatic carbocycles. The van der Waals surface area contributed by atoms with E-state index in [1.54, 1.807) is 11.3 Å². The molecule has 1 fully saturated rings. The van der Waals surface area contributed by atoms with E-state index < -0.39 is 6.10 Å². The highest BCUT2D eigenvalue weighted by Crippen LogP contribution is 2.43. The minimum Gasteiger partial charge on any atom is -0.385 e. The molecule has 0 spiro atoms. The molecule has 84 valence electrons. The van der Waals surface area contributed by atoms with E-state index in [4.69, 9.17) is 4.74 Å². The van der Waals surface area contributed by atoms with Crippen LogP contribution in [-0.2, 0) is 4.74 Å². The first-order valence-corrected chi connectivity index (χ1v) is 6.52. The third-order valence-corrected chi connectivity index (χ3v) is 4.12. The molecule has 0 aliphatic heterocycles. The lowest BCUT2D eigenvalue weighted by Crippen LogP contribution is -2.36. The molecule has 1 N–H and O–H groups in total. The van der Waals surface area contributed by atoms with Crippen molar-refractivity contribution in [1.82, 2.24) is 0 Å². The minimum atomic E-state index is -0.444. The van der Waals surface area contributed by atoms with E-state index in [1.807, 2.05) is 24.4 Å². The van der Waals surface area contributed by atoms with Crippen molar-refractivity contribution < 1.29 is 9.84 Å². The zero-order chi connectivity index (χ0) is 10.7. The molecule has 1 aliphatic rings. The molecule has 0 aromatic carbocycles. The highest BCUT2D eigenvalue weighted by molar-refractivity contribution is 7.10. The molecule has 2 rings (SSSR count). The Bertz CT molecular complexity index is 289. The van der Waals surface area contributed by atoms with Crippen LogP contribution in [0.25, 0.3) is 0 Å². The number of ether oxygens (including phenoxy) is 1. The lowest BCUT2D eigenvalue weighted by molar-refractivity contribution is -0.117. The Labute approximate surface area is 94.9 Å². The van der Waals surface area contributed by atoms with E-state index in [-0.39, 0.29) is 5.60 Å². The van der Waals surface area contributed by atoms with Gasteiger partial charge in [-0.15, -0.1) is 11.3 Å². The monoisotopic (exact) mass is 226 g/mol. The Morgan fingerprint density at radius 3 is 2.80 bits per heavy atom. The van der Waals surface area contributed by atoms with Crippen LogP contribution in [0.5, 0.6) is 0 Å². The van der Waals surface area contributed by atoms with Gasteiger partial charge in [-0.1, -0.05) is 18.9 Å². The standard InChI is InChI=1S/C12H18O2S/c1-2-14-12(7-3-4-8-12)11(13)10-6-5-9-15-10/h5-6,9,11,13H,2-4,7-8H2,1H3. The smallest absolute Gasteiger partial charge is 0.117 e. The summed E-state index contributed by atoms with van der Waals surface area (Å²) >= 11 is 1.61. The van der Waals surface area contributed by atoms with Gasteiger partial charge >= 0.3 is 0 Å². The van der Waals surface area contributed by atoms with Crippen molar-refractivity contribution in [2.24, 2.45) is 0 Å². The van der Waals surface area contributed by atoms with Crippen molar-refractivity contribution in [2.75, 3.05) is 6.61 Å². The third-order valence-electron chi connectivity index (χ3n) is 3.19. The summed E-state index contributed by atoms with van der Waals surface area (Å²) < 4.78 is 5.83. The van der Waals surface area contributed by atoms with Gasteiger partial charge in [0.1, 0.15) is 6.10 Å². The Balaban J connectivity index is 2.17. The maximum atomic E-state index is 10.4. The molecule has 3 heteroatoms. The summed E-state index contributed by atoms with van der Waals surface area (Å²) in [6.07, 6.45) is 3.87. The van der Waals surface area contributed by atoms with Crippen LogP contribution in [0.15, 0.2) is 17.5 Å². The van der Waals surface area contributed by atoms with Gasteiger partial charge in [-0.3, -0.25) is 0 Å². The van der Waals surface area contributed by atoms with E-state index in [1.165, 1.54) is 12.8 Å². The van der Waals surface area contributed by atoms with E-state index in [9.17, 15) is 5.11 Å². The average Bonchev–Trinajstić information content (AvgIpc) is 2.88. The largest absolute Gasteiger partial charge is 0.385 e. The maximum Gasteiger partial charge on any atom is 0.117 e. The molecule has 1 unspecified atom stereocenters. The molecule has 0 amide bonds. The highest BCUT2D eigenvalue weighted by Gasteiger charge is 2.42. The number of aliphatic hydroxyl groups excluding tert-OH is 1. The van der Waals surface area contributed by atoms with Crippen LogP contribution in [0.1, 0.15) is 43.6 Å². The highest BCUT2D eigenvalue weighted by atomic mass is 32.1. The van der Waals surface area contributed by atoms with Gasteiger partial charge in [-0.25, -0.2) is 0 Å². The van der Waals surface area contributed by atoms with Gasteiger partial charge in [0.25, 0.3) is 0 Å². The molecule has 1 aromatic rings. The van der Waals surface area contributed by atoms with Gasteiger partial charge < -0.3 is 9.84 Å². The second-order valence-electron chi connectivity index (χ2n) is 4.12. The number of thiophene rings is 1. The average molecular weight is 226 g/mol. The normalized spacial score (nSPS) is 21.7. The van der Waals surface area contributed by atoms with Crippen molar-refractivity contribution in [3.8, 4) is 0 Å². The molecule has 2 nitrogen and oxygen atoms in total. The van der Waals surface area contributed by atoms with Crippen molar-refractivity contribution >= 4 is 11.3 Å². The SMILES string of the molecule is CCOC1(C(O)c2cccs2)CCCC1. The number of hydrogen-bond donors (Lipinski definition) is 1. The van der Waals surface area contributed by atoms with Crippen LogP contribution in [0.2, 0.25) is 0 Å². The predicted molar refractivity (Wildman–Crippen MR) is 62.1 cm³/mol. The fourth-order valence-electron chi connectivity index (χ4n) is 2.46. The van der Waals surface area contributed by atoms with Crippen LogP contribution < -0.4 is 0 Å². The van der Waals surface area contributed by atoms with E-state index >= 15 is 0 Å². The van der Waals surface area contributed by atoms with Gasteiger partial charge in [0.15, 0.2) is 0 Å². The molecule has 1 saturated carbocycles. The van der Waals surface area contributed by atoms with Crippen molar-refractivity contribution in [2.45, 2.75) is 44.3 Å². The molecular formula is C12H18O2S. The third kappa shape index (κ3) is 2.10.